The highest BCUT2D eigenvalue weighted by Gasteiger charge is 2.22. The van der Waals surface area contributed by atoms with E-state index in [1.165, 1.54) is 5.56 Å². The van der Waals surface area contributed by atoms with Crippen LogP contribution in [-0.2, 0) is 13.0 Å². The molecule has 1 aliphatic heterocycles. The van der Waals surface area contributed by atoms with Crippen LogP contribution in [0.25, 0.3) is 17.2 Å². The van der Waals surface area contributed by atoms with Crippen LogP contribution in [0.2, 0.25) is 0 Å². The minimum atomic E-state index is -0.512. The van der Waals surface area contributed by atoms with Crippen LogP contribution in [0.1, 0.15) is 40.0 Å². The molecule has 1 aromatic carbocycles. The predicted octanol–water partition coefficient (Wildman–Crippen LogP) is 3.56. The summed E-state index contributed by atoms with van der Waals surface area (Å²) in [7, 11) is 0. The summed E-state index contributed by atoms with van der Waals surface area (Å²) in [5.74, 6) is 1.72. The molecule has 0 aliphatic carbocycles. The van der Waals surface area contributed by atoms with Gasteiger partial charge in [0.15, 0.2) is 5.82 Å². The highest BCUT2D eigenvalue weighted by Crippen LogP contribution is 2.31. The van der Waals surface area contributed by atoms with Crippen LogP contribution in [0.15, 0.2) is 48.7 Å². The maximum Gasteiger partial charge on any atom is 0.252 e. The molecular weight excluding hydrogens is 402 g/mol. The molecule has 4 aromatic rings. The molecule has 0 saturated heterocycles. The fourth-order valence-electron chi connectivity index (χ4n) is 4.18. The number of aromatic nitrogens is 4. The molecule has 8 heteroatoms. The number of imidazole rings is 1. The molecule has 0 bridgehead atoms. The second kappa shape index (κ2) is 8.30. The van der Waals surface area contributed by atoms with Gasteiger partial charge in [0.1, 0.15) is 23.0 Å². The Kier molecular flexibility index (Phi) is 5.18. The highest BCUT2D eigenvalue weighted by molar-refractivity contribution is 5.99. The second-order valence-electron chi connectivity index (χ2n) is 7.97. The standard InChI is InChI=1S/C24H25N7O/c1-15-19(31-13-7-11-17(20(25)32)24(31)28-15)23-29-21-18(10-5-6-12-26-21)22(30-23)27-14-16-8-3-2-4-9-16/h2-4,7-9,11,13H,5-6,10,12,14H2,1H3,(H2,25,32)(H2,26,27,29,30). The Bertz CT molecular complexity index is 1300. The van der Waals surface area contributed by atoms with Crippen molar-refractivity contribution in [3.63, 3.8) is 0 Å². The van der Waals surface area contributed by atoms with Crippen molar-refractivity contribution in [2.45, 2.75) is 32.7 Å². The van der Waals surface area contributed by atoms with Crippen molar-refractivity contribution >= 4 is 23.2 Å². The summed E-state index contributed by atoms with van der Waals surface area (Å²) in [5.41, 5.74) is 10.2. The largest absolute Gasteiger partial charge is 0.370 e. The van der Waals surface area contributed by atoms with E-state index in [-0.39, 0.29) is 0 Å². The minimum absolute atomic E-state index is 0.372. The van der Waals surface area contributed by atoms with E-state index in [2.05, 4.69) is 27.8 Å². The molecule has 0 radical (unpaired) electrons. The Balaban J connectivity index is 1.63. The third-order valence-corrected chi connectivity index (χ3v) is 5.76. The van der Waals surface area contributed by atoms with Crippen molar-refractivity contribution in [3.05, 3.63) is 71.0 Å². The number of fused-ring (bicyclic) bond motifs is 2. The molecule has 32 heavy (non-hydrogen) atoms. The number of amides is 1. The topological polar surface area (TPSA) is 110 Å². The minimum Gasteiger partial charge on any atom is -0.370 e. The molecule has 1 amide bonds. The van der Waals surface area contributed by atoms with Gasteiger partial charge in [0.05, 0.1) is 11.3 Å². The Hall–Kier alpha value is -3.94. The van der Waals surface area contributed by atoms with Crippen molar-refractivity contribution < 1.29 is 4.79 Å². The number of primary amides is 1. The number of nitrogens with zero attached hydrogens (tertiary/aromatic N) is 4. The van der Waals surface area contributed by atoms with E-state index < -0.39 is 5.91 Å². The Labute approximate surface area is 185 Å². The lowest BCUT2D eigenvalue weighted by Gasteiger charge is -2.16. The van der Waals surface area contributed by atoms with E-state index in [1.54, 1.807) is 12.1 Å². The lowest BCUT2D eigenvalue weighted by Crippen LogP contribution is -2.13. The number of anilines is 2. The van der Waals surface area contributed by atoms with Gasteiger partial charge in [0.2, 0.25) is 0 Å². The number of carbonyl (C=O) groups is 1. The van der Waals surface area contributed by atoms with Gasteiger partial charge in [0, 0.05) is 24.8 Å². The maximum absolute atomic E-state index is 11.9. The van der Waals surface area contributed by atoms with Gasteiger partial charge >= 0.3 is 0 Å². The van der Waals surface area contributed by atoms with Crippen LogP contribution >= 0.6 is 0 Å². The molecule has 0 fully saturated rings. The van der Waals surface area contributed by atoms with Gasteiger partial charge in [-0.2, -0.15) is 0 Å². The summed E-state index contributed by atoms with van der Waals surface area (Å²) in [6, 6.07) is 13.7. The number of rotatable bonds is 5. The fraction of sp³-hybridized carbons (Fsp3) is 0.250. The first kappa shape index (κ1) is 20.0. The molecule has 8 nitrogen and oxygen atoms in total. The summed E-state index contributed by atoms with van der Waals surface area (Å²) in [4.78, 5) is 26.3. The predicted molar refractivity (Wildman–Crippen MR) is 125 cm³/mol. The van der Waals surface area contributed by atoms with Gasteiger partial charge in [-0.3, -0.25) is 9.20 Å². The van der Waals surface area contributed by atoms with E-state index >= 15 is 0 Å². The first-order valence-corrected chi connectivity index (χ1v) is 10.8. The molecule has 0 spiro atoms. The van der Waals surface area contributed by atoms with Crippen molar-refractivity contribution in [2.24, 2.45) is 5.73 Å². The van der Waals surface area contributed by atoms with Gasteiger partial charge in [-0.1, -0.05) is 30.3 Å². The number of nitrogens with two attached hydrogens (primary N) is 1. The second-order valence-corrected chi connectivity index (χ2v) is 7.97. The zero-order chi connectivity index (χ0) is 22.1. The lowest BCUT2D eigenvalue weighted by molar-refractivity contribution is 0.100. The summed E-state index contributed by atoms with van der Waals surface area (Å²) >= 11 is 0. The molecule has 4 N–H and O–H groups in total. The molecule has 5 rings (SSSR count). The first-order chi connectivity index (χ1) is 15.6. The molecule has 1 aliphatic rings. The molecule has 3 aromatic heterocycles. The van der Waals surface area contributed by atoms with Crippen LogP contribution in [0.5, 0.6) is 0 Å². The SMILES string of the molecule is Cc1nc2c(C(N)=O)cccn2c1-c1nc2c(c(NCc3ccccc3)n1)CCCCN2. The van der Waals surface area contributed by atoms with Crippen LogP contribution in [0, 0.1) is 6.92 Å². The van der Waals surface area contributed by atoms with Crippen LogP contribution < -0.4 is 16.4 Å². The first-order valence-electron chi connectivity index (χ1n) is 10.8. The molecule has 4 heterocycles. The normalized spacial score (nSPS) is 13.3. The van der Waals surface area contributed by atoms with Crippen molar-refractivity contribution in [1.29, 1.82) is 0 Å². The van der Waals surface area contributed by atoms with E-state index in [4.69, 9.17) is 15.7 Å². The van der Waals surface area contributed by atoms with Gasteiger partial charge in [-0.25, -0.2) is 15.0 Å². The number of aryl methyl sites for hydroxylation is 1. The molecular formula is C24H25N7O. The lowest BCUT2D eigenvalue weighted by atomic mass is 10.1. The van der Waals surface area contributed by atoms with Crippen LogP contribution in [0.3, 0.4) is 0 Å². The van der Waals surface area contributed by atoms with Crippen molar-refractivity contribution in [1.82, 2.24) is 19.4 Å². The summed E-state index contributed by atoms with van der Waals surface area (Å²) < 4.78 is 1.84. The van der Waals surface area contributed by atoms with Crippen molar-refractivity contribution in [2.75, 3.05) is 17.2 Å². The number of nitrogens with one attached hydrogen (secondary N) is 2. The Morgan fingerprint density at radius 3 is 2.78 bits per heavy atom. The molecule has 0 unspecified atom stereocenters. The number of hydrogen-bond acceptors (Lipinski definition) is 6. The fourth-order valence-corrected chi connectivity index (χ4v) is 4.18. The summed E-state index contributed by atoms with van der Waals surface area (Å²) in [6.45, 7) is 3.44. The third kappa shape index (κ3) is 3.64. The number of pyridine rings is 1. The average molecular weight is 428 g/mol. The van der Waals surface area contributed by atoms with Crippen molar-refractivity contribution in [3.8, 4) is 11.5 Å². The number of benzene rings is 1. The van der Waals surface area contributed by atoms with Gasteiger partial charge < -0.3 is 16.4 Å². The number of hydrogen-bond donors (Lipinski definition) is 3. The van der Waals surface area contributed by atoms with E-state index in [0.717, 1.165) is 54.4 Å². The monoisotopic (exact) mass is 427 g/mol. The van der Waals surface area contributed by atoms with Gasteiger partial charge in [0.25, 0.3) is 5.91 Å². The smallest absolute Gasteiger partial charge is 0.252 e. The molecule has 162 valence electrons. The van der Waals surface area contributed by atoms with Crippen LogP contribution in [0.4, 0.5) is 11.6 Å². The summed E-state index contributed by atoms with van der Waals surface area (Å²) in [5, 5.41) is 6.99. The van der Waals surface area contributed by atoms with Gasteiger partial charge in [-0.05, 0) is 43.9 Å². The third-order valence-electron chi connectivity index (χ3n) is 5.76. The van der Waals surface area contributed by atoms with Crippen LogP contribution in [-0.4, -0.2) is 31.8 Å². The Morgan fingerprint density at radius 1 is 1.12 bits per heavy atom. The number of carbonyl (C=O) groups excluding carboxylic acids is 1. The van der Waals surface area contributed by atoms with E-state index in [1.807, 2.05) is 35.7 Å². The molecule has 0 atom stereocenters. The maximum atomic E-state index is 11.9. The summed E-state index contributed by atoms with van der Waals surface area (Å²) in [6.07, 6.45) is 4.94. The van der Waals surface area contributed by atoms with E-state index in [9.17, 15) is 4.79 Å². The Morgan fingerprint density at radius 2 is 1.97 bits per heavy atom. The zero-order valence-electron chi connectivity index (χ0n) is 17.9. The van der Waals surface area contributed by atoms with Gasteiger partial charge in [-0.15, -0.1) is 0 Å². The molecule has 0 saturated carbocycles. The average Bonchev–Trinajstić information content (AvgIpc) is 2.96. The van der Waals surface area contributed by atoms with E-state index in [0.29, 0.717) is 23.6 Å². The quantitative estimate of drug-likeness (QED) is 0.449. The zero-order valence-corrected chi connectivity index (χ0v) is 17.9. The highest BCUT2D eigenvalue weighted by atomic mass is 16.1.